The predicted octanol–water partition coefficient (Wildman–Crippen LogP) is 1.64. The first-order valence-electron chi connectivity index (χ1n) is 7.43. The molecule has 1 amide bonds. The summed E-state index contributed by atoms with van der Waals surface area (Å²) in [5, 5.41) is 14.1. The fraction of sp³-hybridized carbons (Fsp3) is 0.667. The highest BCUT2D eigenvalue weighted by molar-refractivity contribution is 7.09. The Hall–Kier alpha value is -0.910. The molecule has 0 saturated carbocycles. The van der Waals surface area contributed by atoms with Gasteiger partial charge in [-0.25, -0.2) is 0 Å². The van der Waals surface area contributed by atoms with Gasteiger partial charge in [-0.1, -0.05) is 12.5 Å². The number of hydrogen-bond acceptors (Lipinski definition) is 4. The normalized spacial score (nSPS) is 19.9. The third-order valence-corrected chi connectivity index (χ3v) is 4.77. The minimum absolute atomic E-state index is 0.103. The van der Waals surface area contributed by atoms with E-state index in [4.69, 9.17) is 5.11 Å². The summed E-state index contributed by atoms with van der Waals surface area (Å²) in [6.07, 6.45) is 5.15. The number of nitrogens with zero attached hydrogens (tertiary/aromatic N) is 1. The topological polar surface area (TPSA) is 52.6 Å². The first-order chi connectivity index (χ1) is 9.79. The monoisotopic (exact) mass is 296 g/mol. The van der Waals surface area contributed by atoms with Crippen molar-refractivity contribution in [2.45, 2.75) is 38.1 Å². The predicted molar refractivity (Wildman–Crippen MR) is 81.9 cm³/mol. The Morgan fingerprint density at radius 2 is 2.40 bits per heavy atom. The molecular weight excluding hydrogens is 272 g/mol. The highest BCUT2D eigenvalue weighted by Gasteiger charge is 2.23. The van der Waals surface area contributed by atoms with Gasteiger partial charge in [0, 0.05) is 24.1 Å². The lowest BCUT2D eigenvalue weighted by Crippen LogP contribution is -2.46. The maximum atomic E-state index is 12.0. The SMILES string of the molecule is O=C(CN1CCCCC1CCO)NCCc1cccs1. The lowest BCUT2D eigenvalue weighted by molar-refractivity contribution is -0.123. The average Bonchev–Trinajstić information content (AvgIpc) is 2.94. The molecule has 5 heteroatoms. The number of aliphatic hydroxyl groups excluding tert-OH is 1. The third-order valence-electron chi connectivity index (χ3n) is 3.83. The molecule has 1 aliphatic heterocycles. The molecule has 1 saturated heterocycles. The molecule has 0 radical (unpaired) electrons. The van der Waals surface area contributed by atoms with Crippen molar-refractivity contribution in [2.24, 2.45) is 0 Å². The van der Waals surface area contributed by atoms with Crippen molar-refractivity contribution in [3.8, 4) is 0 Å². The quantitative estimate of drug-likeness (QED) is 0.804. The summed E-state index contributed by atoms with van der Waals surface area (Å²) in [7, 11) is 0. The van der Waals surface area contributed by atoms with Crippen LogP contribution in [0, 0.1) is 0 Å². The van der Waals surface area contributed by atoms with Gasteiger partial charge in [-0.2, -0.15) is 0 Å². The Balaban J connectivity index is 1.69. The fourth-order valence-electron chi connectivity index (χ4n) is 2.76. The van der Waals surface area contributed by atoms with Gasteiger partial charge in [0.25, 0.3) is 0 Å². The molecule has 20 heavy (non-hydrogen) atoms. The van der Waals surface area contributed by atoms with Crippen molar-refractivity contribution in [3.63, 3.8) is 0 Å². The Kier molecular flexibility index (Phi) is 6.50. The van der Waals surface area contributed by atoms with E-state index in [1.807, 2.05) is 6.07 Å². The van der Waals surface area contributed by atoms with Crippen LogP contribution in [0.3, 0.4) is 0 Å². The fourth-order valence-corrected chi connectivity index (χ4v) is 3.47. The van der Waals surface area contributed by atoms with Crippen LogP contribution in [0.1, 0.15) is 30.6 Å². The highest BCUT2D eigenvalue weighted by Crippen LogP contribution is 2.18. The lowest BCUT2D eigenvalue weighted by Gasteiger charge is -2.34. The number of piperidine rings is 1. The molecule has 2 heterocycles. The lowest BCUT2D eigenvalue weighted by atomic mass is 10.00. The Morgan fingerprint density at radius 3 is 3.15 bits per heavy atom. The van der Waals surface area contributed by atoms with Gasteiger partial charge in [0.15, 0.2) is 0 Å². The molecule has 1 atom stereocenters. The van der Waals surface area contributed by atoms with E-state index in [1.54, 1.807) is 11.3 Å². The number of aliphatic hydroxyl groups is 1. The maximum absolute atomic E-state index is 12.0. The van der Waals surface area contributed by atoms with Crippen LogP contribution >= 0.6 is 11.3 Å². The number of rotatable bonds is 7. The first kappa shape index (κ1) is 15.5. The molecule has 2 N–H and O–H groups in total. The molecule has 4 nitrogen and oxygen atoms in total. The summed E-state index contributed by atoms with van der Waals surface area (Å²) in [6.45, 7) is 2.36. The molecule has 1 fully saturated rings. The van der Waals surface area contributed by atoms with E-state index in [2.05, 4.69) is 21.7 Å². The zero-order chi connectivity index (χ0) is 14.2. The molecule has 2 rings (SSSR count). The van der Waals surface area contributed by atoms with Crippen molar-refractivity contribution >= 4 is 17.2 Å². The largest absolute Gasteiger partial charge is 0.396 e. The number of thiophene rings is 1. The van der Waals surface area contributed by atoms with E-state index in [-0.39, 0.29) is 12.5 Å². The molecule has 112 valence electrons. The summed E-state index contributed by atoms with van der Waals surface area (Å²) >= 11 is 1.73. The number of hydrogen-bond donors (Lipinski definition) is 2. The van der Waals surface area contributed by atoms with Crippen LogP contribution in [0.25, 0.3) is 0 Å². The smallest absolute Gasteiger partial charge is 0.234 e. The molecule has 1 aliphatic rings. The van der Waals surface area contributed by atoms with E-state index in [9.17, 15) is 4.79 Å². The Bertz CT molecular complexity index is 393. The van der Waals surface area contributed by atoms with E-state index < -0.39 is 0 Å². The number of amides is 1. The number of carbonyl (C=O) groups excluding carboxylic acids is 1. The number of likely N-dealkylation sites (tertiary alicyclic amines) is 1. The van der Waals surface area contributed by atoms with Crippen LogP contribution in [0.2, 0.25) is 0 Å². The Morgan fingerprint density at radius 1 is 1.50 bits per heavy atom. The molecule has 1 aromatic rings. The average molecular weight is 296 g/mol. The van der Waals surface area contributed by atoms with Crippen molar-refractivity contribution in [1.82, 2.24) is 10.2 Å². The second-order valence-corrected chi connectivity index (χ2v) is 6.34. The van der Waals surface area contributed by atoms with Crippen LogP contribution in [-0.4, -0.2) is 48.2 Å². The second-order valence-electron chi connectivity index (χ2n) is 5.31. The summed E-state index contributed by atoms with van der Waals surface area (Å²) in [5.74, 6) is 0.103. The van der Waals surface area contributed by atoms with Crippen LogP contribution < -0.4 is 5.32 Å². The van der Waals surface area contributed by atoms with E-state index in [0.717, 1.165) is 32.2 Å². The summed E-state index contributed by atoms with van der Waals surface area (Å²) in [4.78, 5) is 15.5. The summed E-state index contributed by atoms with van der Waals surface area (Å²) in [5.41, 5.74) is 0. The third kappa shape index (κ3) is 4.89. The van der Waals surface area contributed by atoms with Crippen LogP contribution in [-0.2, 0) is 11.2 Å². The molecule has 0 aromatic carbocycles. The summed E-state index contributed by atoms with van der Waals surface area (Å²) in [6, 6.07) is 4.50. The second kappa shape index (κ2) is 8.39. The van der Waals surface area contributed by atoms with Gasteiger partial charge in [0.05, 0.1) is 6.54 Å². The van der Waals surface area contributed by atoms with Crippen LogP contribution in [0.15, 0.2) is 17.5 Å². The number of carbonyl (C=O) groups is 1. The van der Waals surface area contributed by atoms with Crippen molar-refractivity contribution in [2.75, 3.05) is 26.2 Å². The van der Waals surface area contributed by atoms with Gasteiger partial charge < -0.3 is 10.4 Å². The molecule has 1 unspecified atom stereocenters. The highest BCUT2D eigenvalue weighted by atomic mass is 32.1. The zero-order valence-corrected chi connectivity index (χ0v) is 12.7. The molecule has 0 aliphatic carbocycles. The maximum Gasteiger partial charge on any atom is 0.234 e. The minimum atomic E-state index is 0.103. The van der Waals surface area contributed by atoms with Crippen LogP contribution in [0.4, 0.5) is 0 Å². The summed E-state index contributed by atoms with van der Waals surface area (Å²) < 4.78 is 0. The molecule has 0 bridgehead atoms. The van der Waals surface area contributed by atoms with Gasteiger partial charge in [-0.3, -0.25) is 9.69 Å². The van der Waals surface area contributed by atoms with Gasteiger partial charge in [-0.05, 0) is 43.7 Å². The number of nitrogens with one attached hydrogen (secondary N) is 1. The van der Waals surface area contributed by atoms with E-state index in [0.29, 0.717) is 19.1 Å². The van der Waals surface area contributed by atoms with Gasteiger partial charge >= 0.3 is 0 Å². The molecule has 1 aromatic heterocycles. The standard InChI is InChI=1S/C15H24N2O2S/c18-10-7-13-4-1-2-9-17(13)12-15(19)16-8-6-14-5-3-11-20-14/h3,5,11,13,18H,1-2,4,6-10,12H2,(H,16,19). The van der Waals surface area contributed by atoms with Crippen molar-refractivity contribution in [1.29, 1.82) is 0 Å². The zero-order valence-electron chi connectivity index (χ0n) is 11.9. The van der Waals surface area contributed by atoms with Gasteiger partial charge in [0.2, 0.25) is 5.91 Å². The minimum Gasteiger partial charge on any atom is -0.396 e. The van der Waals surface area contributed by atoms with Crippen molar-refractivity contribution in [3.05, 3.63) is 22.4 Å². The van der Waals surface area contributed by atoms with E-state index in [1.165, 1.54) is 11.3 Å². The van der Waals surface area contributed by atoms with Crippen LogP contribution in [0.5, 0.6) is 0 Å². The Labute approximate surface area is 124 Å². The van der Waals surface area contributed by atoms with Gasteiger partial charge in [-0.15, -0.1) is 11.3 Å². The van der Waals surface area contributed by atoms with Gasteiger partial charge in [0.1, 0.15) is 0 Å². The molecule has 0 spiro atoms. The van der Waals surface area contributed by atoms with E-state index >= 15 is 0 Å². The molecular formula is C15H24N2O2S. The van der Waals surface area contributed by atoms with Crippen molar-refractivity contribution < 1.29 is 9.90 Å². The first-order valence-corrected chi connectivity index (χ1v) is 8.31.